The lowest BCUT2D eigenvalue weighted by molar-refractivity contribution is -0.147. The van der Waals surface area contributed by atoms with E-state index in [1.807, 2.05) is 0 Å². The normalized spacial score (nSPS) is 17.2. The second-order valence-electron chi connectivity index (χ2n) is 4.86. The summed E-state index contributed by atoms with van der Waals surface area (Å²) in [5, 5.41) is 0. The first kappa shape index (κ1) is 18.3. The van der Waals surface area contributed by atoms with Crippen molar-refractivity contribution in [2.45, 2.75) is 13.0 Å². The molecule has 0 aromatic heterocycles. The fourth-order valence-electron chi connectivity index (χ4n) is 2.17. The molecular weight excluding hydrogens is 350 g/mol. The van der Waals surface area contributed by atoms with E-state index in [1.165, 1.54) is 19.1 Å². The van der Waals surface area contributed by atoms with Crippen molar-refractivity contribution in [3.63, 3.8) is 0 Å². The van der Waals surface area contributed by atoms with Crippen LogP contribution in [0.15, 0.2) is 23.1 Å². The van der Waals surface area contributed by atoms with E-state index < -0.39 is 12.0 Å². The molecule has 1 fully saturated rings. The van der Waals surface area contributed by atoms with Gasteiger partial charge in [0.15, 0.2) is 0 Å². The molecule has 1 aromatic rings. The Bertz CT molecular complexity index is 716. The Kier molecular flexibility index (Phi) is 5.84. The monoisotopic (exact) mass is 367 g/mol. The van der Waals surface area contributed by atoms with Gasteiger partial charge in [-0.15, -0.1) is 0 Å². The fourth-order valence-corrected chi connectivity index (χ4v) is 3.58. The summed E-state index contributed by atoms with van der Waals surface area (Å²) in [6, 6.07) is 4.51. The van der Waals surface area contributed by atoms with Gasteiger partial charge in [-0.2, -0.15) is 0 Å². The second kappa shape index (κ2) is 7.67. The van der Waals surface area contributed by atoms with Crippen LogP contribution in [0, 0.1) is 0 Å². The van der Waals surface area contributed by atoms with E-state index in [9.17, 15) is 9.59 Å². The van der Waals surface area contributed by atoms with Gasteiger partial charge < -0.3 is 14.2 Å². The molecule has 0 aliphatic carbocycles. The quantitative estimate of drug-likeness (QED) is 0.450. The maximum atomic E-state index is 12.6. The molecule has 8 heteroatoms. The number of rotatable bonds is 5. The first-order valence-electron chi connectivity index (χ1n) is 6.99. The topological polar surface area (TPSA) is 65.1 Å². The predicted molar refractivity (Wildman–Crippen MR) is 96.0 cm³/mol. The van der Waals surface area contributed by atoms with Gasteiger partial charge in [-0.05, 0) is 25.1 Å². The van der Waals surface area contributed by atoms with Crippen molar-refractivity contribution in [2.75, 3.05) is 21.3 Å². The average molecular weight is 367 g/mol. The maximum absolute atomic E-state index is 12.6. The van der Waals surface area contributed by atoms with Crippen molar-refractivity contribution >= 4 is 46.3 Å². The summed E-state index contributed by atoms with van der Waals surface area (Å²) in [5.74, 6) is 0.367. The van der Waals surface area contributed by atoms with Crippen molar-refractivity contribution in [3.8, 4) is 11.5 Å². The molecule has 1 saturated heterocycles. The van der Waals surface area contributed by atoms with Crippen molar-refractivity contribution in [3.05, 3.63) is 28.7 Å². The number of carbonyl (C=O) groups excluding carboxylic acids is 2. The van der Waals surface area contributed by atoms with Crippen molar-refractivity contribution < 1.29 is 23.8 Å². The van der Waals surface area contributed by atoms with Crippen LogP contribution in [0.5, 0.6) is 11.5 Å². The Morgan fingerprint density at radius 3 is 2.58 bits per heavy atom. The third-order valence-electron chi connectivity index (χ3n) is 3.48. The smallest absolute Gasteiger partial charge is 0.328 e. The molecule has 1 amide bonds. The molecule has 0 radical (unpaired) electrons. The van der Waals surface area contributed by atoms with Crippen molar-refractivity contribution in [1.29, 1.82) is 0 Å². The molecule has 128 valence electrons. The molecule has 1 heterocycles. The van der Waals surface area contributed by atoms with Crippen LogP contribution in [0.3, 0.4) is 0 Å². The summed E-state index contributed by atoms with van der Waals surface area (Å²) in [7, 11) is 4.37. The highest BCUT2D eigenvalue weighted by molar-refractivity contribution is 8.26. The standard InChI is InChI=1S/C16H17NO5S2/c1-9(15(19)22-4)17-14(18)13(24-16(17)23)7-10-5-6-11(20-2)8-12(10)21-3/h5-9H,1-4H3/b13-7-/t9-/m0/s1. The number of amides is 1. The van der Waals surface area contributed by atoms with E-state index in [0.717, 1.165) is 11.8 Å². The zero-order valence-electron chi connectivity index (χ0n) is 13.7. The van der Waals surface area contributed by atoms with Crippen LogP contribution in [0.25, 0.3) is 6.08 Å². The highest BCUT2D eigenvalue weighted by atomic mass is 32.2. The number of thioether (sulfide) groups is 1. The summed E-state index contributed by atoms with van der Waals surface area (Å²) in [6.07, 6.45) is 1.68. The predicted octanol–water partition coefficient (Wildman–Crippen LogP) is 2.47. The SMILES string of the molecule is COC(=O)[C@H](C)N1C(=O)/C(=C/c2ccc(OC)cc2OC)SC1=S. The van der Waals surface area contributed by atoms with E-state index in [1.54, 1.807) is 38.3 Å². The van der Waals surface area contributed by atoms with Crippen LogP contribution >= 0.6 is 24.0 Å². The Morgan fingerprint density at radius 1 is 1.29 bits per heavy atom. The third kappa shape index (κ3) is 3.54. The Morgan fingerprint density at radius 2 is 2.00 bits per heavy atom. The molecule has 6 nitrogen and oxygen atoms in total. The Labute approximate surface area is 149 Å². The second-order valence-corrected chi connectivity index (χ2v) is 6.53. The molecule has 1 aliphatic rings. The number of methoxy groups -OCH3 is 3. The fraction of sp³-hybridized carbons (Fsp3) is 0.312. The molecule has 0 saturated carbocycles. The summed E-state index contributed by atoms with van der Waals surface area (Å²) in [5.41, 5.74) is 0.713. The van der Waals surface area contributed by atoms with Gasteiger partial charge in [0.2, 0.25) is 0 Å². The van der Waals surface area contributed by atoms with Gasteiger partial charge in [-0.1, -0.05) is 24.0 Å². The number of hydrogen-bond donors (Lipinski definition) is 0. The zero-order chi connectivity index (χ0) is 17.9. The van der Waals surface area contributed by atoms with Crippen LogP contribution in [0.4, 0.5) is 0 Å². The van der Waals surface area contributed by atoms with E-state index in [-0.39, 0.29) is 5.91 Å². The van der Waals surface area contributed by atoms with Crippen molar-refractivity contribution in [1.82, 2.24) is 4.90 Å². The minimum Gasteiger partial charge on any atom is -0.497 e. The summed E-state index contributed by atoms with van der Waals surface area (Å²) < 4.78 is 15.5. The largest absolute Gasteiger partial charge is 0.497 e. The molecule has 0 bridgehead atoms. The minimum absolute atomic E-state index is 0.316. The summed E-state index contributed by atoms with van der Waals surface area (Å²) in [6.45, 7) is 1.58. The van der Waals surface area contributed by atoms with Crippen LogP contribution in [0.1, 0.15) is 12.5 Å². The Balaban J connectivity index is 2.34. The lowest BCUT2D eigenvalue weighted by Crippen LogP contribution is -2.42. The lowest BCUT2D eigenvalue weighted by atomic mass is 10.1. The van der Waals surface area contributed by atoms with Gasteiger partial charge in [0.1, 0.15) is 21.9 Å². The molecular formula is C16H17NO5S2. The van der Waals surface area contributed by atoms with Crippen LogP contribution in [-0.4, -0.2) is 48.5 Å². The molecule has 0 N–H and O–H groups in total. The van der Waals surface area contributed by atoms with Gasteiger partial charge in [0, 0.05) is 11.6 Å². The summed E-state index contributed by atoms with van der Waals surface area (Å²) >= 11 is 6.36. The van der Waals surface area contributed by atoms with E-state index >= 15 is 0 Å². The highest BCUT2D eigenvalue weighted by Crippen LogP contribution is 2.36. The number of ether oxygens (including phenoxy) is 3. The number of hydrogen-bond acceptors (Lipinski definition) is 7. The number of benzene rings is 1. The first-order chi connectivity index (χ1) is 11.4. The van der Waals surface area contributed by atoms with E-state index in [4.69, 9.17) is 21.7 Å². The van der Waals surface area contributed by atoms with Crippen LogP contribution < -0.4 is 9.47 Å². The van der Waals surface area contributed by atoms with E-state index in [0.29, 0.717) is 26.3 Å². The molecule has 1 aliphatic heterocycles. The van der Waals surface area contributed by atoms with Gasteiger partial charge in [0.25, 0.3) is 5.91 Å². The highest BCUT2D eigenvalue weighted by Gasteiger charge is 2.38. The average Bonchev–Trinajstić information content (AvgIpc) is 2.87. The third-order valence-corrected chi connectivity index (χ3v) is 4.81. The molecule has 1 aromatic carbocycles. The minimum atomic E-state index is -0.772. The molecule has 0 unspecified atom stereocenters. The number of esters is 1. The van der Waals surface area contributed by atoms with Crippen LogP contribution in [0.2, 0.25) is 0 Å². The zero-order valence-corrected chi connectivity index (χ0v) is 15.3. The van der Waals surface area contributed by atoms with Gasteiger partial charge in [0.05, 0.1) is 26.2 Å². The molecule has 0 spiro atoms. The van der Waals surface area contributed by atoms with E-state index in [2.05, 4.69) is 4.74 Å². The maximum Gasteiger partial charge on any atom is 0.328 e. The van der Waals surface area contributed by atoms with Crippen LogP contribution in [-0.2, 0) is 14.3 Å². The van der Waals surface area contributed by atoms with Gasteiger partial charge >= 0.3 is 5.97 Å². The Hall–Kier alpha value is -2.06. The first-order valence-corrected chi connectivity index (χ1v) is 8.22. The van der Waals surface area contributed by atoms with Crippen molar-refractivity contribution in [2.24, 2.45) is 0 Å². The molecule has 1 atom stereocenters. The molecule has 24 heavy (non-hydrogen) atoms. The summed E-state index contributed by atoms with van der Waals surface area (Å²) in [4.78, 5) is 25.9. The van der Waals surface area contributed by atoms with Gasteiger partial charge in [-0.3, -0.25) is 9.69 Å². The van der Waals surface area contributed by atoms with Gasteiger partial charge in [-0.25, -0.2) is 4.79 Å². The number of thiocarbonyl (C=S) groups is 1. The molecule has 2 rings (SSSR count). The number of nitrogens with zero attached hydrogens (tertiary/aromatic N) is 1. The lowest BCUT2D eigenvalue weighted by Gasteiger charge is -2.20. The number of carbonyl (C=O) groups is 2.